The molecule has 7 heteroatoms. The molecule has 2 aromatic rings. The second kappa shape index (κ2) is 9.10. The van der Waals surface area contributed by atoms with Crippen LogP contribution >= 0.6 is 11.3 Å². The van der Waals surface area contributed by atoms with Crippen molar-refractivity contribution in [2.24, 2.45) is 5.92 Å². The number of nitrogens with one attached hydrogen (secondary N) is 2. The van der Waals surface area contributed by atoms with Crippen molar-refractivity contribution in [1.82, 2.24) is 10.9 Å². The molecule has 0 bridgehead atoms. The average molecular weight is 403 g/mol. The fourth-order valence-electron chi connectivity index (χ4n) is 3.19. The molecule has 0 saturated heterocycles. The zero-order chi connectivity index (χ0) is 20.1. The van der Waals surface area contributed by atoms with E-state index in [1.54, 1.807) is 42.5 Å². The summed E-state index contributed by atoms with van der Waals surface area (Å²) in [7, 11) is 0. The summed E-state index contributed by atoms with van der Waals surface area (Å²) in [4.78, 5) is 26.0. The van der Waals surface area contributed by atoms with Crippen LogP contribution in [0, 0.1) is 5.92 Å². The van der Waals surface area contributed by atoms with Crippen molar-refractivity contribution in [3.8, 4) is 11.5 Å². The molecule has 3 rings (SSSR count). The van der Waals surface area contributed by atoms with Gasteiger partial charge in [-0.25, -0.2) is 0 Å². The van der Waals surface area contributed by atoms with E-state index in [9.17, 15) is 9.59 Å². The maximum absolute atomic E-state index is 12.5. The number of ether oxygens (including phenoxy) is 2. The van der Waals surface area contributed by atoms with Gasteiger partial charge in [0.15, 0.2) is 6.10 Å². The molecule has 0 saturated carbocycles. The van der Waals surface area contributed by atoms with Crippen LogP contribution in [-0.2, 0) is 17.6 Å². The Bertz CT molecular complexity index is 831. The van der Waals surface area contributed by atoms with Crippen LogP contribution < -0.4 is 20.3 Å². The SMILES string of the molecule is CCOc1ccc(OC(C)C(=O)NNC(=O)c2csc3c2CCC(C)C3)cc1. The molecule has 0 radical (unpaired) electrons. The topological polar surface area (TPSA) is 76.7 Å². The van der Waals surface area contributed by atoms with Crippen LogP contribution in [0.5, 0.6) is 11.5 Å². The summed E-state index contributed by atoms with van der Waals surface area (Å²) >= 11 is 1.62. The molecule has 1 aromatic carbocycles. The average Bonchev–Trinajstić information content (AvgIpc) is 3.10. The molecule has 0 spiro atoms. The Morgan fingerprint density at radius 2 is 1.93 bits per heavy atom. The summed E-state index contributed by atoms with van der Waals surface area (Å²) in [5, 5.41) is 1.88. The number of fused-ring (bicyclic) bond motifs is 1. The number of carbonyl (C=O) groups excluding carboxylic acids is 2. The van der Waals surface area contributed by atoms with Crippen LogP contribution in [0.25, 0.3) is 0 Å². The molecule has 1 aliphatic carbocycles. The van der Waals surface area contributed by atoms with Crippen LogP contribution in [0.1, 0.15) is 48.0 Å². The molecule has 1 aliphatic rings. The van der Waals surface area contributed by atoms with E-state index in [4.69, 9.17) is 9.47 Å². The van der Waals surface area contributed by atoms with Gasteiger partial charge in [-0.2, -0.15) is 0 Å². The quantitative estimate of drug-likeness (QED) is 0.725. The zero-order valence-electron chi connectivity index (χ0n) is 16.4. The Hall–Kier alpha value is -2.54. The summed E-state index contributed by atoms with van der Waals surface area (Å²) in [6, 6.07) is 7.05. The minimum absolute atomic E-state index is 0.284. The Balaban J connectivity index is 1.51. The molecule has 28 heavy (non-hydrogen) atoms. The zero-order valence-corrected chi connectivity index (χ0v) is 17.2. The molecule has 150 valence electrons. The number of rotatable bonds is 6. The largest absolute Gasteiger partial charge is 0.494 e. The molecule has 0 aliphatic heterocycles. The molecule has 2 N–H and O–H groups in total. The highest BCUT2D eigenvalue weighted by Gasteiger charge is 2.24. The van der Waals surface area contributed by atoms with Gasteiger partial charge in [0.25, 0.3) is 11.8 Å². The third-order valence-corrected chi connectivity index (χ3v) is 5.81. The van der Waals surface area contributed by atoms with Crippen molar-refractivity contribution in [2.75, 3.05) is 6.61 Å². The van der Waals surface area contributed by atoms with Gasteiger partial charge in [-0.3, -0.25) is 20.4 Å². The van der Waals surface area contributed by atoms with Gasteiger partial charge in [0.05, 0.1) is 12.2 Å². The molecule has 2 unspecified atom stereocenters. The van der Waals surface area contributed by atoms with Crippen molar-refractivity contribution < 1.29 is 19.1 Å². The summed E-state index contributed by atoms with van der Waals surface area (Å²) in [6.07, 6.45) is 2.26. The van der Waals surface area contributed by atoms with Gasteiger partial charge in [-0.05, 0) is 68.9 Å². The van der Waals surface area contributed by atoms with Crippen LogP contribution in [0.2, 0.25) is 0 Å². The van der Waals surface area contributed by atoms with Gasteiger partial charge in [0.2, 0.25) is 0 Å². The van der Waals surface area contributed by atoms with Crippen molar-refractivity contribution in [1.29, 1.82) is 0 Å². The number of carbonyl (C=O) groups is 2. The summed E-state index contributed by atoms with van der Waals surface area (Å²) in [6.45, 7) is 6.36. The maximum Gasteiger partial charge on any atom is 0.279 e. The highest BCUT2D eigenvalue weighted by molar-refractivity contribution is 7.10. The fraction of sp³-hybridized carbons (Fsp3) is 0.429. The lowest BCUT2D eigenvalue weighted by atomic mass is 9.88. The van der Waals surface area contributed by atoms with Crippen LogP contribution in [0.4, 0.5) is 0 Å². The molecule has 6 nitrogen and oxygen atoms in total. The predicted octanol–water partition coefficient (Wildman–Crippen LogP) is 3.50. The van der Waals surface area contributed by atoms with Crippen LogP contribution in [-0.4, -0.2) is 24.5 Å². The Morgan fingerprint density at radius 1 is 1.21 bits per heavy atom. The Morgan fingerprint density at radius 3 is 2.64 bits per heavy atom. The maximum atomic E-state index is 12.5. The van der Waals surface area contributed by atoms with E-state index in [1.165, 1.54) is 4.88 Å². The lowest BCUT2D eigenvalue weighted by molar-refractivity contribution is -0.128. The molecule has 2 atom stereocenters. The van der Waals surface area contributed by atoms with E-state index in [1.807, 2.05) is 12.3 Å². The second-order valence-corrected chi connectivity index (χ2v) is 7.97. The standard InChI is InChI=1S/C21H26N2O4S/c1-4-26-15-6-8-16(9-7-15)27-14(3)20(24)22-23-21(25)18-12-28-19-11-13(2)5-10-17(18)19/h6-9,12-14H,4-5,10-11H2,1-3H3,(H,22,24)(H,23,25). The van der Waals surface area contributed by atoms with E-state index in [0.29, 0.717) is 23.8 Å². The number of benzene rings is 1. The van der Waals surface area contributed by atoms with E-state index in [2.05, 4.69) is 17.8 Å². The fourth-order valence-corrected chi connectivity index (χ4v) is 4.44. The van der Waals surface area contributed by atoms with E-state index in [0.717, 1.165) is 30.6 Å². The van der Waals surface area contributed by atoms with Gasteiger partial charge < -0.3 is 9.47 Å². The number of hydrazine groups is 1. The van der Waals surface area contributed by atoms with Gasteiger partial charge in [0, 0.05) is 10.3 Å². The van der Waals surface area contributed by atoms with Gasteiger partial charge in [0.1, 0.15) is 11.5 Å². The monoisotopic (exact) mass is 402 g/mol. The van der Waals surface area contributed by atoms with Gasteiger partial charge in [-0.15, -0.1) is 11.3 Å². The molecule has 0 fully saturated rings. The first-order valence-corrected chi connectivity index (χ1v) is 10.4. The minimum Gasteiger partial charge on any atom is -0.494 e. The second-order valence-electron chi connectivity index (χ2n) is 7.01. The molecule has 1 heterocycles. The van der Waals surface area contributed by atoms with Crippen LogP contribution in [0.15, 0.2) is 29.6 Å². The molecule has 2 amide bonds. The lowest BCUT2D eigenvalue weighted by Gasteiger charge is -2.19. The highest BCUT2D eigenvalue weighted by atomic mass is 32.1. The Kier molecular flexibility index (Phi) is 6.57. The molecular weight excluding hydrogens is 376 g/mol. The summed E-state index contributed by atoms with van der Waals surface area (Å²) < 4.78 is 11.0. The van der Waals surface area contributed by atoms with Gasteiger partial charge in [-0.1, -0.05) is 6.92 Å². The van der Waals surface area contributed by atoms with E-state index >= 15 is 0 Å². The van der Waals surface area contributed by atoms with Crippen molar-refractivity contribution in [3.05, 3.63) is 45.6 Å². The first-order valence-electron chi connectivity index (χ1n) is 9.56. The third kappa shape index (κ3) is 4.84. The van der Waals surface area contributed by atoms with Crippen molar-refractivity contribution in [2.45, 2.75) is 46.1 Å². The summed E-state index contributed by atoms with van der Waals surface area (Å²) in [5.74, 6) is 1.25. The molecule has 1 aromatic heterocycles. The van der Waals surface area contributed by atoms with E-state index in [-0.39, 0.29) is 5.91 Å². The third-order valence-electron chi connectivity index (χ3n) is 4.76. The predicted molar refractivity (Wildman–Crippen MR) is 109 cm³/mol. The number of hydrogen-bond donors (Lipinski definition) is 2. The number of thiophene rings is 1. The minimum atomic E-state index is -0.754. The molecular formula is C21H26N2O4S. The van der Waals surface area contributed by atoms with E-state index < -0.39 is 12.0 Å². The van der Waals surface area contributed by atoms with Crippen molar-refractivity contribution in [3.63, 3.8) is 0 Å². The highest BCUT2D eigenvalue weighted by Crippen LogP contribution is 2.32. The summed E-state index contributed by atoms with van der Waals surface area (Å²) in [5.41, 5.74) is 6.74. The Labute approximate surface area is 169 Å². The normalized spacial score (nSPS) is 16.6. The smallest absolute Gasteiger partial charge is 0.279 e. The lowest BCUT2D eigenvalue weighted by Crippen LogP contribution is -2.47. The first kappa shape index (κ1) is 20.2. The first-order chi connectivity index (χ1) is 13.5. The number of amides is 2. The number of hydrogen-bond acceptors (Lipinski definition) is 5. The van der Waals surface area contributed by atoms with Crippen molar-refractivity contribution >= 4 is 23.2 Å². The van der Waals surface area contributed by atoms with Crippen LogP contribution in [0.3, 0.4) is 0 Å². The van der Waals surface area contributed by atoms with Gasteiger partial charge >= 0.3 is 0 Å².